The molecule has 0 radical (unpaired) electrons. The van der Waals surface area contributed by atoms with Gasteiger partial charge in [0.05, 0.1) is 12.0 Å². The van der Waals surface area contributed by atoms with E-state index in [1.54, 1.807) is 13.2 Å². The lowest BCUT2D eigenvalue weighted by Crippen LogP contribution is -2.11. The molecule has 0 fully saturated rings. The first-order valence-corrected chi connectivity index (χ1v) is 9.24. The number of aryl methyl sites for hydroxylation is 3. The molecule has 0 aliphatic heterocycles. The molecule has 0 bridgehead atoms. The zero-order chi connectivity index (χ0) is 18.3. The summed E-state index contributed by atoms with van der Waals surface area (Å²) in [7, 11) is 1.66. The molecule has 0 spiro atoms. The van der Waals surface area contributed by atoms with Crippen LogP contribution in [0, 0.1) is 12.7 Å². The number of thiophene rings is 1. The van der Waals surface area contributed by atoms with Gasteiger partial charge in [0.1, 0.15) is 11.6 Å². The number of anilines is 1. The lowest BCUT2D eigenvalue weighted by atomic mass is 9.91. The quantitative estimate of drug-likeness (QED) is 0.689. The molecule has 0 saturated heterocycles. The Morgan fingerprint density at radius 3 is 2.73 bits per heavy atom. The highest BCUT2D eigenvalue weighted by molar-refractivity contribution is 7.17. The van der Waals surface area contributed by atoms with Gasteiger partial charge in [-0.05, 0) is 78.4 Å². The van der Waals surface area contributed by atoms with Gasteiger partial charge in [-0.15, -0.1) is 11.3 Å². The van der Waals surface area contributed by atoms with Crippen molar-refractivity contribution in [2.24, 2.45) is 0 Å². The molecule has 1 amide bonds. The van der Waals surface area contributed by atoms with E-state index in [2.05, 4.69) is 17.4 Å². The fourth-order valence-corrected chi connectivity index (χ4v) is 4.43. The van der Waals surface area contributed by atoms with E-state index in [0.29, 0.717) is 10.6 Å². The van der Waals surface area contributed by atoms with Gasteiger partial charge >= 0.3 is 0 Å². The Balaban J connectivity index is 1.65. The molecule has 0 saturated carbocycles. The van der Waals surface area contributed by atoms with Gasteiger partial charge in [-0.2, -0.15) is 0 Å². The van der Waals surface area contributed by atoms with E-state index < -0.39 is 0 Å². The Labute approximate surface area is 155 Å². The summed E-state index contributed by atoms with van der Waals surface area (Å²) in [5, 5.41) is 2.83. The monoisotopic (exact) mass is 367 g/mol. The van der Waals surface area contributed by atoms with Gasteiger partial charge in [0.15, 0.2) is 0 Å². The molecule has 0 unspecified atom stereocenters. The number of carbonyl (C=O) groups is 1. The molecule has 5 heteroatoms. The van der Waals surface area contributed by atoms with Crippen LogP contribution in [-0.2, 0) is 12.8 Å². The minimum absolute atomic E-state index is 0.201. The molecule has 3 nitrogen and oxygen atoms in total. The van der Waals surface area contributed by atoms with Crippen molar-refractivity contribution in [2.75, 3.05) is 12.4 Å². The first-order valence-electron chi connectivity index (χ1n) is 8.42. The fraction of sp³-hybridized carbons (Fsp3) is 0.190. The van der Waals surface area contributed by atoms with E-state index in [-0.39, 0.29) is 11.7 Å². The summed E-state index contributed by atoms with van der Waals surface area (Å²) in [6.45, 7) is 1.85. The summed E-state index contributed by atoms with van der Waals surface area (Å²) in [5.41, 5.74) is 4.93. The van der Waals surface area contributed by atoms with Crippen molar-refractivity contribution in [3.8, 4) is 16.2 Å². The number of nitrogens with one attached hydrogen (secondary N) is 1. The zero-order valence-corrected chi connectivity index (χ0v) is 15.4. The molecular formula is C21H18FNO2S. The predicted molar refractivity (Wildman–Crippen MR) is 103 cm³/mol. The predicted octanol–water partition coefficient (Wildman–Crippen LogP) is 5.22. The van der Waals surface area contributed by atoms with E-state index in [9.17, 15) is 9.18 Å². The zero-order valence-electron chi connectivity index (χ0n) is 14.6. The number of benzene rings is 2. The molecular weight excluding hydrogens is 349 g/mol. The third kappa shape index (κ3) is 2.99. The number of fused-ring (bicyclic) bond motifs is 3. The van der Waals surface area contributed by atoms with Crippen molar-refractivity contribution in [3.05, 3.63) is 69.8 Å². The number of methoxy groups -OCH3 is 1. The van der Waals surface area contributed by atoms with Crippen molar-refractivity contribution in [3.63, 3.8) is 0 Å². The second kappa shape index (κ2) is 6.57. The molecule has 3 aromatic rings. The molecule has 2 aromatic carbocycles. The first kappa shape index (κ1) is 16.8. The largest absolute Gasteiger partial charge is 0.497 e. The highest BCUT2D eigenvalue weighted by Gasteiger charge is 2.22. The molecule has 132 valence electrons. The van der Waals surface area contributed by atoms with Crippen molar-refractivity contribution in [1.82, 2.24) is 0 Å². The van der Waals surface area contributed by atoms with Gasteiger partial charge in [-0.1, -0.05) is 6.07 Å². The molecule has 26 heavy (non-hydrogen) atoms. The minimum Gasteiger partial charge on any atom is -0.497 e. The van der Waals surface area contributed by atoms with Crippen LogP contribution in [0.2, 0.25) is 0 Å². The van der Waals surface area contributed by atoms with Crippen molar-refractivity contribution < 1.29 is 13.9 Å². The second-order valence-corrected chi connectivity index (χ2v) is 7.45. The topological polar surface area (TPSA) is 38.3 Å². The van der Waals surface area contributed by atoms with Crippen molar-refractivity contribution >= 4 is 22.9 Å². The Bertz CT molecular complexity index is 1010. The van der Waals surface area contributed by atoms with E-state index in [0.717, 1.165) is 34.6 Å². The van der Waals surface area contributed by atoms with Gasteiger partial charge in [0.2, 0.25) is 0 Å². The first-order chi connectivity index (χ1) is 12.5. The van der Waals surface area contributed by atoms with Gasteiger partial charge < -0.3 is 10.1 Å². The number of rotatable bonds is 3. The number of hydrogen-bond donors (Lipinski definition) is 1. The van der Waals surface area contributed by atoms with Crippen LogP contribution in [0.3, 0.4) is 0 Å². The maximum absolute atomic E-state index is 13.5. The Morgan fingerprint density at radius 2 is 1.92 bits per heavy atom. The Kier molecular flexibility index (Phi) is 4.24. The Hall–Kier alpha value is -2.66. The summed E-state index contributed by atoms with van der Waals surface area (Å²) < 4.78 is 18.8. The number of ether oxygens (including phenoxy) is 1. The smallest absolute Gasteiger partial charge is 0.265 e. The van der Waals surface area contributed by atoms with E-state index in [1.807, 2.05) is 19.1 Å². The highest BCUT2D eigenvalue weighted by Crippen LogP contribution is 2.41. The molecule has 1 aliphatic rings. The van der Waals surface area contributed by atoms with E-state index in [4.69, 9.17) is 4.74 Å². The lowest BCUT2D eigenvalue weighted by molar-refractivity contribution is 0.103. The van der Waals surface area contributed by atoms with Crippen LogP contribution in [0.25, 0.3) is 10.4 Å². The molecule has 1 heterocycles. The van der Waals surface area contributed by atoms with Gasteiger partial charge in [0, 0.05) is 10.6 Å². The van der Waals surface area contributed by atoms with Crippen molar-refractivity contribution in [2.45, 2.75) is 19.8 Å². The fourth-order valence-electron chi connectivity index (χ4n) is 3.26. The summed E-state index contributed by atoms with van der Waals surface area (Å²) >= 11 is 1.48. The molecule has 1 N–H and O–H groups in total. The number of carbonyl (C=O) groups excluding carboxylic acids is 1. The second-order valence-electron chi connectivity index (χ2n) is 6.40. The van der Waals surface area contributed by atoms with Gasteiger partial charge in [-0.3, -0.25) is 4.79 Å². The maximum atomic E-state index is 13.5. The third-order valence-electron chi connectivity index (χ3n) is 4.70. The average Bonchev–Trinajstić information content (AvgIpc) is 3.09. The SMILES string of the molecule is COc1ccc2c(c1)CCc1cc(C(=O)Nc3cc(F)ccc3C)sc1-2. The van der Waals surface area contributed by atoms with Crippen LogP contribution in [0.15, 0.2) is 42.5 Å². The van der Waals surface area contributed by atoms with Crippen LogP contribution in [-0.4, -0.2) is 13.0 Å². The average molecular weight is 367 g/mol. The summed E-state index contributed by atoms with van der Waals surface area (Å²) in [6.07, 6.45) is 1.83. The molecule has 1 aromatic heterocycles. The van der Waals surface area contributed by atoms with E-state index in [1.165, 1.54) is 34.6 Å². The highest BCUT2D eigenvalue weighted by atomic mass is 32.1. The van der Waals surface area contributed by atoms with Gasteiger partial charge in [0.25, 0.3) is 5.91 Å². The number of hydrogen-bond acceptors (Lipinski definition) is 3. The third-order valence-corrected chi connectivity index (χ3v) is 5.91. The summed E-state index contributed by atoms with van der Waals surface area (Å²) in [6, 6.07) is 12.4. The summed E-state index contributed by atoms with van der Waals surface area (Å²) in [4.78, 5) is 14.4. The summed E-state index contributed by atoms with van der Waals surface area (Å²) in [5.74, 6) is 0.288. The number of halogens is 1. The molecule has 1 aliphatic carbocycles. The van der Waals surface area contributed by atoms with Crippen LogP contribution < -0.4 is 10.1 Å². The lowest BCUT2D eigenvalue weighted by Gasteiger charge is -2.16. The maximum Gasteiger partial charge on any atom is 0.265 e. The molecule has 4 rings (SSSR count). The normalized spacial score (nSPS) is 12.3. The van der Waals surface area contributed by atoms with Crippen LogP contribution in [0.1, 0.15) is 26.4 Å². The standard InChI is InChI=1S/C21H18FNO2S/c1-12-3-6-15(22)11-18(12)23-21(24)19-10-14-5-4-13-9-16(25-2)7-8-17(13)20(14)26-19/h3,6-11H,4-5H2,1-2H3,(H,23,24). The Morgan fingerprint density at radius 1 is 1.12 bits per heavy atom. The number of amides is 1. The van der Waals surface area contributed by atoms with Crippen LogP contribution in [0.5, 0.6) is 5.75 Å². The van der Waals surface area contributed by atoms with Crippen molar-refractivity contribution in [1.29, 1.82) is 0 Å². The van der Waals surface area contributed by atoms with Crippen LogP contribution >= 0.6 is 11.3 Å². The minimum atomic E-state index is -0.362. The van der Waals surface area contributed by atoms with Crippen LogP contribution in [0.4, 0.5) is 10.1 Å². The van der Waals surface area contributed by atoms with E-state index >= 15 is 0 Å². The molecule has 0 atom stereocenters. The van der Waals surface area contributed by atoms with Gasteiger partial charge in [-0.25, -0.2) is 4.39 Å².